The highest BCUT2D eigenvalue weighted by molar-refractivity contribution is 7.80. The van der Waals surface area contributed by atoms with Crippen molar-refractivity contribution in [1.82, 2.24) is 5.32 Å². The van der Waals surface area contributed by atoms with Crippen molar-refractivity contribution in [2.45, 2.75) is 13.8 Å². The van der Waals surface area contributed by atoms with E-state index in [4.69, 9.17) is 12.2 Å². The number of thiocarbonyl (C=S) groups is 1. The molecule has 6 heteroatoms. The van der Waals surface area contributed by atoms with E-state index in [9.17, 15) is 10.1 Å². The molecular weight excluding hydrogens is 374 g/mol. The van der Waals surface area contributed by atoms with Crippen LogP contribution in [0.15, 0.2) is 54.6 Å². The molecule has 0 saturated heterocycles. The third-order valence-electron chi connectivity index (χ3n) is 4.21. The molecule has 0 saturated carbocycles. The first-order valence-corrected chi connectivity index (χ1v) is 9.50. The quantitative estimate of drug-likeness (QED) is 0.615. The van der Waals surface area contributed by atoms with Crippen molar-refractivity contribution < 1.29 is 4.79 Å². The van der Waals surface area contributed by atoms with E-state index in [-0.39, 0.29) is 11.0 Å². The number of benzene rings is 2. The van der Waals surface area contributed by atoms with Crippen LogP contribution < -0.4 is 10.6 Å². The summed E-state index contributed by atoms with van der Waals surface area (Å²) in [6.45, 7) is 3.84. The molecule has 0 fully saturated rings. The van der Waals surface area contributed by atoms with Crippen LogP contribution in [0.2, 0.25) is 0 Å². The number of rotatable bonds is 3. The second kappa shape index (κ2) is 8.12. The number of thiophene rings is 1. The van der Waals surface area contributed by atoms with Crippen molar-refractivity contribution >= 4 is 39.6 Å². The van der Waals surface area contributed by atoms with E-state index in [1.54, 1.807) is 12.1 Å². The molecule has 1 amide bonds. The highest BCUT2D eigenvalue weighted by Gasteiger charge is 2.15. The topological polar surface area (TPSA) is 64.9 Å². The Bertz CT molecular complexity index is 1030. The molecule has 0 bridgehead atoms. The van der Waals surface area contributed by atoms with Gasteiger partial charge < -0.3 is 5.32 Å². The maximum atomic E-state index is 12.4. The Morgan fingerprint density at radius 2 is 1.67 bits per heavy atom. The normalized spacial score (nSPS) is 10.1. The van der Waals surface area contributed by atoms with E-state index in [2.05, 4.69) is 16.7 Å². The zero-order valence-electron chi connectivity index (χ0n) is 14.9. The number of nitrogens with zero attached hydrogens (tertiary/aromatic N) is 1. The first-order chi connectivity index (χ1) is 13.0. The van der Waals surface area contributed by atoms with Gasteiger partial charge in [-0.05, 0) is 54.9 Å². The van der Waals surface area contributed by atoms with Crippen LogP contribution in [0.4, 0.5) is 5.00 Å². The van der Waals surface area contributed by atoms with E-state index in [1.807, 2.05) is 56.3 Å². The maximum Gasteiger partial charge on any atom is 0.257 e. The molecule has 0 aliphatic heterocycles. The number of amides is 1. The van der Waals surface area contributed by atoms with Crippen molar-refractivity contribution in [2.75, 3.05) is 5.32 Å². The predicted molar refractivity (Wildman–Crippen MR) is 114 cm³/mol. The van der Waals surface area contributed by atoms with Crippen LogP contribution in [0.3, 0.4) is 0 Å². The second-order valence-electron chi connectivity index (χ2n) is 5.95. The van der Waals surface area contributed by atoms with Crippen molar-refractivity contribution in [3.8, 4) is 17.2 Å². The number of aryl methyl sites for hydroxylation is 1. The van der Waals surface area contributed by atoms with Gasteiger partial charge in [0.2, 0.25) is 0 Å². The van der Waals surface area contributed by atoms with Crippen LogP contribution in [0.25, 0.3) is 11.1 Å². The Balaban J connectivity index is 1.68. The molecule has 2 aromatic carbocycles. The molecule has 3 aromatic rings. The third-order valence-corrected chi connectivity index (χ3v) is 5.53. The Hall–Kier alpha value is -3.01. The summed E-state index contributed by atoms with van der Waals surface area (Å²) in [5, 5.41) is 15.7. The lowest BCUT2D eigenvalue weighted by molar-refractivity contribution is 0.0978. The zero-order chi connectivity index (χ0) is 19.4. The summed E-state index contributed by atoms with van der Waals surface area (Å²) in [6.07, 6.45) is 0. The molecule has 4 nitrogen and oxygen atoms in total. The summed E-state index contributed by atoms with van der Waals surface area (Å²) < 4.78 is 0. The summed E-state index contributed by atoms with van der Waals surface area (Å²) in [5.41, 5.74) is 4.12. The fraction of sp³-hybridized carbons (Fsp3) is 0.0952. The third kappa shape index (κ3) is 4.22. The number of anilines is 1. The Morgan fingerprint density at radius 3 is 2.30 bits per heavy atom. The summed E-state index contributed by atoms with van der Waals surface area (Å²) in [4.78, 5) is 13.5. The Kier molecular flexibility index (Phi) is 5.65. The minimum absolute atomic E-state index is 0.171. The minimum atomic E-state index is -0.296. The van der Waals surface area contributed by atoms with Gasteiger partial charge in [0, 0.05) is 10.4 Å². The van der Waals surface area contributed by atoms with Gasteiger partial charge >= 0.3 is 0 Å². The Morgan fingerprint density at radius 1 is 1.04 bits per heavy atom. The summed E-state index contributed by atoms with van der Waals surface area (Å²) in [5.74, 6) is -0.296. The van der Waals surface area contributed by atoms with Crippen molar-refractivity contribution in [1.29, 1.82) is 5.26 Å². The highest BCUT2D eigenvalue weighted by atomic mass is 32.1. The highest BCUT2D eigenvalue weighted by Crippen LogP contribution is 2.31. The molecule has 0 unspecified atom stereocenters. The SMILES string of the molecule is Cc1sc(NC(=S)NC(=O)c2ccc(-c3ccccc3)cc2)c(C#N)c1C. The van der Waals surface area contributed by atoms with Gasteiger partial charge in [-0.15, -0.1) is 11.3 Å². The smallest absolute Gasteiger partial charge is 0.257 e. The molecule has 0 spiro atoms. The predicted octanol–water partition coefficient (Wildman–Crippen LogP) is 5.03. The number of hydrogen-bond acceptors (Lipinski definition) is 4. The lowest BCUT2D eigenvalue weighted by atomic mass is 10.0. The van der Waals surface area contributed by atoms with Crippen LogP contribution in [-0.2, 0) is 0 Å². The molecule has 3 rings (SSSR count). The average Bonchev–Trinajstić information content (AvgIpc) is 2.95. The van der Waals surface area contributed by atoms with Gasteiger partial charge in [0.1, 0.15) is 11.1 Å². The van der Waals surface area contributed by atoms with E-state index in [1.165, 1.54) is 11.3 Å². The van der Waals surface area contributed by atoms with Crippen LogP contribution in [0.5, 0.6) is 0 Å². The average molecular weight is 392 g/mol. The maximum absolute atomic E-state index is 12.4. The van der Waals surface area contributed by atoms with Crippen LogP contribution >= 0.6 is 23.6 Å². The zero-order valence-corrected chi connectivity index (χ0v) is 16.5. The number of nitrogens with one attached hydrogen (secondary N) is 2. The summed E-state index contributed by atoms with van der Waals surface area (Å²) in [6, 6.07) is 19.5. The molecule has 0 atom stereocenters. The van der Waals surface area contributed by atoms with Gasteiger partial charge in [-0.25, -0.2) is 0 Å². The minimum Gasteiger partial charge on any atom is -0.323 e. The monoisotopic (exact) mass is 391 g/mol. The summed E-state index contributed by atoms with van der Waals surface area (Å²) in [7, 11) is 0. The molecule has 27 heavy (non-hydrogen) atoms. The lowest BCUT2D eigenvalue weighted by Crippen LogP contribution is -2.34. The molecule has 1 heterocycles. The largest absolute Gasteiger partial charge is 0.323 e. The number of nitriles is 1. The molecule has 134 valence electrons. The van der Waals surface area contributed by atoms with E-state index < -0.39 is 0 Å². The fourth-order valence-electron chi connectivity index (χ4n) is 2.60. The Labute approximate surface area is 167 Å². The molecule has 1 aromatic heterocycles. The van der Waals surface area contributed by atoms with Gasteiger partial charge in [-0.1, -0.05) is 42.5 Å². The molecule has 0 radical (unpaired) electrons. The molecule has 2 N–H and O–H groups in total. The van der Waals surface area contributed by atoms with Gasteiger partial charge in [-0.2, -0.15) is 5.26 Å². The molecular formula is C21H17N3OS2. The van der Waals surface area contributed by atoms with Gasteiger partial charge in [0.05, 0.1) is 5.56 Å². The fourth-order valence-corrected chi connectivity index (χ4v) is 3.88. The first-order valence-electron chi connectivity index (χ1n) is 8.27. The summed E-state index contributed by atoms with van der Waals surface area (Å²) >= 11 is 6.67. The van der Waals surface area contributed by atoms with Gasteiger partial charge in [0.25, 0.3) is 5.91 Å². The van der Waals surface area contributed by atoms with E-state index in [0.717, 1.165) is 21.6 Å². The standard InChI is InChI=1S/C21H17N3OS2/c1-13-14(2)27-20(18(13)12-22)24-21(26)23-19(25)17-10-8-16(9-11-17)15-6-4-3-5-7-15/h3-11H,1-2H3,(H2,23,24,25,26). The number of hydrogen-bond donors (Lipinski definition) is 2. The number of carbonyl (C=O) groups excluding carboxylic acids is 1. The molecule has 0 aliphatic carbocycles. The second-order valence-corrected chi connectivity index (χ2v) is 7.58. The van der Waals surface area contributed by atoms with Gasteiger partial charge in [-0.3, -0.25) is 10.1 Å². The first kappa shape index (κ1) is 18.8. The van der Waals surface area contributed by atoms with Crippen molar-refractivity contribution in [2.24, 2.45) is 0 Å². The van der Waals surface area contributed by atoms with Gasteiger partial charge in [0.15, 0.2) is 5.11 Å². The van der Waals surface area contributed by atoms with Crippen LogP contribution in [-0.4, -0.2) is 11.0 Å². The van der Waals surface area contributed by atoms with Crippen LogP contribution in [0.1, 0.15) is 26.4 Å². The van der Waals surface area contributed by atoms with Crippen molar-refractivity contribution in [3.05, 3.63) is 76.2 Å². The van der Waals surface area contributed by atoms with E-state index in [0.29, 0.717) is 16.1 Å². The lowest BCUT2D eigenvalue weighted by Gasteiger charge is -2.09. The van der Waals surface area contributed by atoms with Crippen LogP contribution in [0, 0.1) is 25.2 Å². The van der Waals surface area contributed by atoms with Crippen molar-refractivity contribution in [3.63, 3.8) is 0 Å². The number of carbonyl (C=O) groups is 1. The van der Waals surface area contributed by atoms with E-state index >= 15 is 0 Å². The molecule has 0 aliphatic rings.